The van der Waals surface area contributed by atoms with Crippen molar-refractivity contribution in [2.75, 3.05) is 0 Å². The molecule has 0 aliphatic carbocycles. The molecule has 0 aliphatic rings. The zero-order valence-electron chi connectivity index (χ0n) is 7.23. The Labute approximate surface area is 80.0 Å². The molecule has 0 aliphatic heterocycles. The first-order valence-corrected chi connectivity index (χ1v) is 6.22. The Bertz CT molecular complexity index is 208. The number of benzene rings is 1. The molecule has 1 atom stereocenters. The first-order valence-electron chi connectivity index (χ1n) is 4.15. The predicted octanol–water partition coefficient (Wildman–Crippen LogP) is 1.21. The third kappa shape index (κ3) is 3.91. The number of aliphatic hydroxyl groups is 1. The molecule has 2 heteroatoms. The van der Waals surface area contributed by atoms with Crippen molar-refractivity contribution in [2.24, 2.45) is 0 Å². The maximum absolute atomic E-state index is 9.04. The van der Waals surface area contributed by atoms with Gasteiger partial charge in [-0.3, -0.25) is 0 Å². The number of hydrogen-bond donors (Lipinski definition) is 1. The van der Waals surface area contributed by atoms with Crippen molar-refractivity contribution in [1.82, 2.24) is 0 Å². The van der Waals surface area contributed by atoms with Crippen molar-refractivity contribution in [3.05, 3.63) is 30.3 Å². The molecule has 66 valence electrons. The molecule has 1 nitrogen and oxygen atoms in total. The van der Waals surface area contributed by atoms with Crippen molar-refractivity contribution in [3.63, 3.8) is 0 Å². The second kappa shape index (κ2) is 5.36. The van der Waals surface area contributed by atoms with Crippen LogP contribution in [0.1, 0.15) is 13.3 Å². The van der Waals surface area contributed by atoms with Crippen LogP contribution in [-0.4, -0.2) is 26.2 Å². The van der Waals surface area contributed by atoms with Gasteiger partial charge in [-0.25, -0.2) is 0 Å². The minimum absolute atomic E-state index is 0.143. The first-order chi connectivity index (χ1) is 5.79. The van der Waals surface area contributed by atoms with Gasteiger partial charge in [0.25, 0.3) is 0 Å². The van der Waals surface area contributed by atoms with Gasteiger partial charge in [0.15, 0.2) is 0 Å². The Hall–Kier alpha value is -0.301. The van der Waals surface area contributed by atoms with E-state index in [1.165, 1.54) is 4.46 Å². The van der Waals surface area contributed by atoms with Crippen LogP contribution < -0.4 is 4.46 Å². The van der Waals surface area contributed by atoms with Crippen LogP contribution in [0.15, 0.2) is 30.3 Å². The molecular formula is C10H14OSe. The van der Waals surface area contributed by atoms with Gasteiger partial charge in [-0.05, 0) is 0 Å². The molecule has 1 aromatic rings. The van der Waals surface area contributed by atoms with Gasteiger partial charge in [0.1, 0.15) is 0 Å². The third-order valence-electron chi connectivity index (χ3n) is 1.55. The van der Waals surface area contributed by atoms with Crippen LogP contribution in [0.3, 0.4) is 0 Å². The van der Waals surface area contributed by atoms with E-state index in [9.17, 15) is 0 Å². The van der Waals surface area contributed by atoms with E-state index in [0.29, 0.717) is 15.0 Å². The molecule has 1 N–H and O–H groups in total. The molecule has 0 bridgehead atoms. The summed E-state index contributed by atoms with van der Waals surface area (Å²) in [4.78, 5) is 0. The molecule has 0 heterocycles. The van der Waals surface area contributed by atoms with Crippen molar-refractivity contribution in [1.29, 1.82) is 0 Å². The molecule has 0 radical (unpaired) electrons. The monoisotopic (exact) mass is 230 g/mol. The predicted molar refractivity (Wildman–Crippen MR) is 52.9 cm³/mol. The molecule has 1 aromatic carbocycles. The Kier molecular flexibility index (Phi) is 4.37. The van der Waals surface area contributed by atoms with E-state index in [4.69, 9.17) is 5.11 Å². The van der Waals surface area contributed by atoms with Crippen LogP contribution in [0.25, 0.3) is 0 Å². The molecule has 0 aromatic heterocycles. The summed E-state index contributed by atoms with van der Waals surface area (Å²) < 4.78 is 1.42. The van der Waals surface area contributed by atoms with Gasteiger partial charge in [0.05, 0.1) is 0 Å². The van der Waals surface area contributed by atoms with Gasteiger partial charge < -0.3 is 0 Å². The zero-order chi connectivity index (χ0) is 8.81. The van der Waals surface area contributed by atoms with E-state index in [2.05, 4.69) is 24.3 Å². The maximum atomic E-state index is 9.04. The Morgan fingerprint density at radius 1 is 1.33 bits per heavy atom. The fourth-order valence-electron chi connectivity index (χ4n) is 0.864. The second-order valence-electron chi connectivity index (χ2n) is 2.80. The van der Waals surface area contributed by atoms with Crippen molar-refractivity contribution >= 4 is 19.4 Å². The van der Waals surface area contributed by atoms with E-state index in [1.54, 1.807) is 0 Å². The number of rotatable bonds is 4. The minimum atomic E-state index is -0.143. The van der Waals surface area contributed by atoms with E-state index in [0.717, 1.165) is 11.7 Å². The van der Waals surface area contributed by atoms with Gasteiger partial charge in [-0.1, -0.05) is 0 Å². The summed E-state index contributed by atoms with van der Waals surface area (Å²) in [5, 5.41) is 10.2. The van der Waals surface area contributed by atoms with Crippen molar-refractivity contribution in [3.8, 4) is 0 Å². The Morgan fingerprint density at radius 3 is 2.58 bits per heavy atom. The van der Waals surface area contributed by atoms with E-state index in [1.807, 2.05) is 13.0 Å². The summed E-state index contributed by atoms with van der Waals surface area (Å²) in [5.41, 5.74) is 0. The average Bonchev–Trinajstić information content (AvgIpc) is 2.05. The molecular weight excluding hydrogens is 215 g/mol. The molecule has 0 amide bonds. The van der Waals surface area contributed by atoms with E-state index < -0.39 is 0 Å². The first kappa shape index (κ1) is 9.78. The quantitative estimate of drug-likeness (QED) is 0.769. The van der Waals surface area contributed by atoms with Crippen LogP contribution in [0.5, 0.6) is 0 Å². The van der Waals surface area contributed by atoms with Crippen LogP contribution in [0, 0.1) is 0 Å². The molecule has 0 spiro atoms. The molecule has 0 saturated carbocycles. The molecule has 0 fully saturated rings. The summed E-state index contributed by atoms with van der Waals surface area (Å²) in [6, 6.07) is 10.5. The van der Waals surface area contributed by atoms with Crippen molar-refractivity contribution in [2.45, 2.75) is 24.8 Å². The van der Waals surface area contributed by atoms with Gasteiger partial charge in [-0.2, -0.15) is 0 Å². The van der Waals surface area contributed by atoms with Crippen molar-refractivity contribution < 1.29 is 5.11 Å². The summed E-state index contributed by atoms with van der Waals surface area (Å²) in [5.74, 6) is 0. The second-order valence-corrected chi connectivity index (χ2v) is 5.25. The summed E-state index contributed by atoms with van der Waals surface area (Å²) in [6.45, 7) is 1.85. The van der Waals surface area contributed by atoms with Gasteiger partial charge in [0.2, 0.25) is 0 Å². The third-order valence-corrected chi connectivity index (χ3v) is 3.74. The van der Waals surface area contributed by atoms with Gasteiger partial charge in [0, 0.05) is 0 Å². The van der Waals surface area contributed by atoms with E-state index in [-0.39, 0.29) is 6.10 Å². The average molecular weight is 229 g/mol. The number of aliphatic hydroxyl groups excluding tert-OH is 1. The summed E-state index contributed by atoms with van der Waals surface area (Å²) >= 11 is 0.540. The van der Waals surface area contributed by atoms with Gasteiger partial charge >= 0.3 is 79.6 Å². The standard InChI is InChI=1S/C10H14OSe/c1-9(11)7-8-12-10-5-3-2-4-6-10/h2-6,9,11H,7-8H2,1H3/t9-/m1/s1. The Morgan fingerprint density at radius 2 is 2.00 bits per heavy atom. The van der Waals surface area contributed by atoms with Crippen LogP contribution in [-0.2, 0) is 0 Å². The van der Waals surface area contributed by atoms with Crippen LogP contribution in [0.2, 0.25) is 5.32 Å². The van der Waals surface area contributed by atoms with E-state index >= 15 is 0 Å². The van der Waals surface area contributed by atoms with Crippen LogP contribution >= 0.6 is 0 Å². The topological polar surface area (TPSA) is 20.2 Å². The van der Waals surface area contributed by atoms with Gasteiger partial charge in [-0.15, -0.1) is 0 Å². The molecule has 12 heavy (non-hydrogen) atoms. The summed E-state index contributed by atoms with van der Waals surface area (Å²) in [6.07, 6.45) is 0.783. The summed E-state index contributed by atoms with van der Waals surface area (Å²) in [7, 11) is 0. The molecule has 0 unspecified atom stereocenters. The fourth-order valence-corrected chi connectivity index (χ4v) is 3.05. The normalized spacial score (nSPS) is 12.8. The SMILES string of the molecule is C[C@@H](O)CC[Se]c1ccccc1. The molecule has 1 rings (SSSR count). The molecule has 0 saturated heterocycles. The Balaban J connectivity index is 2.25. The zero-order valence-corrected chi connectivity index (χ0v) is 8.95. The fraction of sp³-hybridized carbons (Fsp3) is 0.400. The van der Waals surface area contributed by atoms with Crippen LogP contribution in [0.4, 0.5) is 0 Å². The number of hydrogen-bond acceptors (Lipinski definition) is 1.